The van der Waals surface area contributed by atoms with Crippen LogP contribution in [-0.2, 0) is 6.54 Å². The van der Waals surface area contributed by atoms with Crippen molar-refractivity contribution in [3.8, 4) is 5.69 Å². The molecule has 0 saturated heterocycles. The van der Waals surface area contributed by atoms with Gasteiger partial charge in [-0.1, -0.05) is 0 Å². The molecule has 0 unspecified atom stereocenters. The van der Waals surface area contributed by atoms with Gasteiger partial charge < -0.3 is 5.32 Å². The monoisotopic (exact) mass is 282 g/mol. The summed E-state index contributed by atoms with van der Waals surface area (Å²) in [7, 11) is 0. The lowest BCUT2D eigenvalue weighted by atomic mass is 10.2. The van der Waals surface area contributed by atoms with Gasteiger partial charge in [-0.15, -0.1) is 0 Å². The molecule has 0 aliphatic carbocycles. The zero-order valence-electron chi connectivity index (χ0n) is 11.5. The lowest BCUT2D eigenvalue weighted by Crippen LogP contribution is -2.13. The Labute approximate surface area is 121 Å². The molecular weight excluding hydrogens is 268 g/mol. The molecule has 21 heavy (non-hydrogen) atoms. The van der Waals surface area contributed by atoms with E-state index in [-0.39, 0.29) is 5.91 Å². The summed E-state index contributed by atoms with van der Waals surface area (Å²) in [6.45, 7) is 2.71. The minimum atomic E-state index is -0.226. The summed E-state index contributed by atoms with van der Waals surface area (Å²) in [4.78, 5) is 15.9. The molecule has 7 nitrogen and oxygen atoms in total. The predicted molar refractivity (Wildman–Crippen MR) is 77.2 cm³/mol. The minimum absolute atomic E-state index is 0.226. The maximum absolute atomic E-state index is 12.0. The van der Waals surface area contributed by atoms with E-state index >= 15 is 0 Å². The van der Waals surface area contributed by atoms with E-state index in [4.69, 9.17) is 0 Å². The highest BCUT2D eigenvalue weighted by Gasteiger charge is 2.09. The normalized spacial score (nSPS) is 10.5. The fourth-order valence-electron chi connectivity index (χ4n) is 1.89. The third kappa shape index (κ3) is 2.81. The number of hydrogen-bond acceptors (Lipinski definition) is 4. The molecule has 3 rings (SSSR count). The Balaban J connectivity index is 1.71. The Hall–Kier alpha value is -2.96. The van der Waals surface area contributed by atoms with Crippen molar-refractivity contribution in [3.05, 3.63) is 54.9 Å². The molecular formula is C14H14N6O. The molecule has 0 atom stereocenters. The Morgan fingerprint density at radius 2 is 2.05 bits per heavy atom. The number of aryl methyl sites for hydroxylation is 1. The number of nitrogens with one attached hydrogen (secondary N) is 1. The molecule has 0 aliphatic rings. The fourth-order valence-corrected chi connectivity index (χ4v) is 1.89. The second-order valence-electron chi connectivity index (χ2n) is 4.40. The number of carbonyl (C=O) groups excluding carboxylic acids is 1. The van der Waals surface area contributed by atoms with Crippen LogP contribution in [0.5, 0.6) is 0 Å². The molecule has 2 aromatic heterocycles. The first kappa shape index (κ1) is 13.0. The van der Waals surface area contributed by atoms with Crippen molar-refractivity contribution in [1.29, 1.82) is 0 Å². The first-order chi connectivity index (χ1) is 10.3. The number of aromatic nitrogens is 5. The number of benzene rings is 1. The van der Waals surface area contributed by atoms with E-state index in [1.807, 2.05) is 31.2 Å². The van der Waals surface area contributed by atoms with Gasteiger partial charge in [0.2, 0.25) is 0 Å². The Bertz CT molecular complexity index is 729. The number of amides is 1. The van der Waals surface area contributed by atoms with Crippen molar-refractivity contribution in [3.63, 3.8) is 0 Å². The van der Waals surface area contributed by atoms with E-state index < -0.39 is 0 Å². The average molecular weight is 282 g/mol. The van der Waals surface area contributed by atoms with Gasteiger partial charge in [-0.25, -0.2) is 9.67 Å². The Kier molecular flexibility index (Phi) is 3.46. The highest BCUT2D eigenvalue weighted by atomic mass is 16.1. The lowest BCUT2D eigenvalue weighted by molar-refractivity contribution is 0.102. The summed E-state index contributed by atoms with van der Waals surface area (Å²) >= 11 is 0. The number of carbonyl (C=O) groups is 1. The van der Waals surface area contributed by atoms with Crippen molar-refractivity contribution in [2.45, 2.75) is 13.5 Å². The minimum Gasteiger partial charge on any atom is -0.321 e. The van der Waals surface area contributed by atoms with E-state index in [2.05, 4.69) is 20.5 Å². The summed E-state index contributed by atoms with van der Waals surface area (Å²) in [6, 6.07) is 9.03. The van der Waals surface area contributed by atoms with Crippen molar-refractivity contribution < 1.29 is 4.79 Å². The smallest absolute Gasteiger partial charge is 0.276 e. The summed E-state index contributed by atoms with van der Waals surface area (Å²) in [5, 5.41) is 11.0. The number of rotatable bonds is 4. The second-order valence-corrected chi connectivity index (χ2v) is 4.40. The average Bonchev–Trinajstić information content (AvgIpc) is 3.19. The largest absolute Gasteiger partial charge is 0.321 e. The maximum Gasteiger partial charge on any atom is 0.276 e. The predicted octanol–water partition coefficient (Wildman–Crippen LogP) is 1.74. The summed E-state index contributed by atoms with van der Waals surface area (Å²) < 4.78 is 3.36. The van der Waals surface area contributed by atoms with Crippen molar-refractivity contribution in [2.24, 2.45) is 0 Å². The van der Waals surface area contributed by atoms with Gasteiger partial charge in [0, 0.05) is 18.4 Å². The highest BCUT2D eigenvalue weighted by Crippen LogP contribution is 2.13. The molecule has 0 spiro atoms. The van der Waals surface area contributed by atoms with Gasteiger partial charge in [0.05, 0.1) is 5.69 Å². The molecule has 0 radical (unpaired) electrons. The van der Waals surface area contributed by atoms with Crippen LogP contribution >= 0.6 is 0 Å². The molecule has 0 saturated carbocycles. The van der Waals surface area contributed by atoms with Gasteiger partial charge in [-0.3, -0.25) is 9.48 Å². The van der Waals surface area contributed by atoms with Gasteiger partial charge in [-0.2, -0.15) is 10.2 Å². The van der Waals surface area contributed by atoms with Crippen LogP contribution in [0.15, 0.2) is 49.2 Å². The molecule has 1 N–H and O–H groups in total. The van der Waals surface area contributed by atoms with Crippen LogP contribution in [0.3, 0.4) is 0 Å². The zero-order chi connectivity index (χ0) is 14.7. The van der Waals surface area contributed by atoms with E-state index in [1.54, 1.807) is 28.0 Å². The molecule has 0 fully saturated rings. The molecule has 1 aromatic carbocycles. The van der Waals surface area contributed by atoms with Gasteiger partial charge in [0.15, 0.2) is 5.69 Å². The van der Waals surface area contributed by atoms with Crippen LogP contribution in [0.1, 0.15) is 17.4 Å². The van der Waals surface area contributed by atoms with Crippen LogP contribution in [0, 0.1) is 0 Å². The first-order valence-corrected chi connectivity index (χ1v) is 6.56. The molecule has 1 amide bonds. The van der Waals surface area contributed by atoms with Crippen LogP contribution in [0.4, 0.5) is 5.69 Å². The number of nitrogens with zero attached hydrogens (tertiary/aromatic N) is 5. The molecule has 0 bridgehead atoms. The third-order valence-corrected chi connectivity index (χ3v) is 3.01. The van der Waals surface area contributed by atoms with Crippen molar-refractivity contribution in [1.82, 2.24) is 24.5 Å². The number of anilines is 1. The molecule has 7 heteroatoms. The standard InChI is InChI=1S/C14H14N6O/c1-2-19-8-7-13(18-19)14(21)17-11-3-5-12(6-4-11)20-10-15-9-16-20/h3-10H,2H2,1H3,(H,17,21). The quantitative estimate of drug-likeness (QED) is 0.790. The van der Waals surface area contributed by atoms with Crippen LogP contribution in [0.2, 0.25) is 0 Å². The zero-order valence-corrected chi connectivity index (χ0v) is 11.5. The topological polar surface area (TPSA) is 77.6 Å². The molecule has 2 heterocycles. The maximum atomic E-state index is 12.0. The molecule has 3 aromatic rings. The van der Waals surface area contributed by atoms with E-state index in [0.29, 0.717) is 11.4 Å². The summed E-state index contributed by atoms with van der Waals surface area (Å²) in [5.74, 6) is -0.226. The van der Waals surface area contributed by atoms with Crippen LogP contribution < -0.4 is 5.32 Å². The first-order valence-electron chi connectivity index (χ1n) is 6.56. The second kappa shape index (κ2) is 5.58. The fraction of sp³-hybridized carbons (Fsp3) is 0.143. The highest BCUT2D eigenvalue weighted by molar-refractivity contribution is 6.02. The molecule has 0 aliphatic heterocycles. The van der Waals surface area contributed by atoms with E-state index in [0.717, 1.165) is 12.2 Å². The number of hydrogen-bond donors (Lipinski definition) is 1. The van der Waals surface area contributed by atoms with Gasteiger partial charge in [-0.05, 0) is 37.3 Å². The van der Waals surface area contributed by atoms with Crippen LogP contribution in [-0.4, -0.2) is 30.5 Å². The van der Waals surface area contributed by atoms with Gasteiger partial charge >= 0.3 is 0 Å². The lowest BCUT2D eigenvalue weighted by Gasteiger charge is -2.05. The van der Waals surface area contributed by atoms with Gasteiger partial charge in [0.25, 0.3) is 5.91 Å². The van der Waals surface area contributed by atoms with Crippen molar-refractivity contribution >= 4 is 11.6 Å². The van der Waals surface area contributed by atoms with Crippen LogP contribution in [0.25, 0.3) is 5.69 Å². The SMILES string of the molecule is CCn1ccc(C(=O)Nc2ccc(-n3cncn3)cc2)n1. The summed E-state index contributed by atoms with van der Waals surface area (Å²) in [5.41, 5.74) is 1.98. The molecule has 106 valence electrons. The van der Waals surface area contributed by atoms with E-state index in [9.17, 15) is 4.79 Å². The Morgan fingerprint density at radius 1 is 1.24 bits per heavy atom. The van der Waals surface area contributed by atoms with Gasteiger partial charge in [0.1, 0.15) is 12.7 Å². The van der Waals surface area contributed by atoms with E-state index in [1.165, 1.54) is 6.33 Å². The Morgan fingerprint density at radius 3 is 2.67 bits per heavy atom. The van der Waals surface area contributed by atoms with Crippen molar-refractivity contribution in [2.75, 3.05) is 5.32 Å². The third-order valence-electron chi connectivity index (χ3n) is 3.01. The summed E-state index contributed by atoms with van der Waals surface area (Å²) in [6.07, 6.45) is 4.87.